The molecule has 1 aliphatic heterocycles. The second kappa shape index (κ2) is 5.87. The summed E-state index contributed by atoms with van der Waals surface area (Å²) in [4.78, 5) is 12.3. The predicted octanol–water partition coefficient (Wildman–Crippen LogP) is 3.95. The third-order valence-corrected chi connectivity index (χ3v) is 4.57. The topological polar surface area (TPSA) is 26.3 Å². The quantitative estimate of drug-likeness (QED) is 0.767. The van der Waals surface area contributed by atoms with Crippen molar-refractivity contribution in [1.82, 2.24) is 0 Å². The van der Waals surface area contributed by atoms with Crippen LogP contribution in [0.25, 0.3) is 0 Å². The summed E-state index contributed by atoms with van der Waals surface area (Å²) in [5, 5.41) is 0. The Bertz CT molecular complexity index is 423. The van der Waals surface area contributed by atoms with Crippen molar-refractivity contribution in [2.75, 3.05) is 13.2 Å². The van der Waals surface area contributed by atoms with Gasteiger partial charge in [0.15, 0.2) is 5.78 Å². The highest BCUT2D eigenvalue weighted by molar-refractivity contribution is 5.98. The van der Waals surface area contributed by atoms with Gasteiger partial charge in [0.25, 0.3) is 0 Å². The number of ether oxygens (including phenoxy) is 1. The Morgan fingerprint density at radius 3 is 2.37 bits per heavy atom. The van der Waals surface area contributed by atoms with E-state index in [9.17, 15) is 4.79 Å². The lowest BCUT2D eigenvalue weighted by Gasteiger charge is -2.22. The molecule has 0 N–H and O–H groups in total. The lowest BCUT2D eigenvalue weighted by molar-refractivity contribution is 0.0900. The van der Waals surface area contributed by atoms with E-state index in [1.165, 1.54) is 37.7 Å². The van der Waals surface area contributed by atoms with E-state index in [1.807, 2.05) is 12.1 Å². The van der Waals surface area contributed by atoms with Crippen molar-refractivity contribution < 1.29 is 9.53 Å². The van der Waals surface area contributed by atoms with Gasteiger partial charge in [0.05, 0.1) is 6.61 Å². The summed E-state index contributed by atoms with van der Waals surface area (Å²) < 4.78 is 5.30. The maximum atomic E-state index is 12.3. The van der Waals surface area contributed by atoms with Gasteiger partial charge in [0.1, 0.15) is 0 Å². The minimum absolute atomic E-state index is 0.0838. The van der Waals surface area contributed by atoms with Crippen molar-refractivity contribution in [3.8, 4) is 0 Å². The van der Waals surface area contributed by atoms with Gasteiger partial charge in [0.2, 0.25) is 0 Å². The van der Waals surface area contributed by atoms with Crippen LogP contribution in [0.2, 0.25) is 0 Å². The van der Waals surface area contributed by atoms with E-state index in [2.05, 4.69) is 12.1 Å². The molecular weight excluding hydrogens is 236 g/mol. The highest BCUT2D eigenvalue weighted by atomic mass is 16.5. The van der Waals surface area contributed by atoms with Crippen LogP contribution in [-0.2, 0) is 4.74 Å². The normalized spacial score (nSPS) is 24.5. The van der Waals surface area contributed by atoms with E-state index in [0.717, 1.165) is 18.6 Å². The molecule has 0 radical (unpaired) electrons. The summed E-state index contributed by atoms with van der Waals surface area (Å²) in [6.45, 7) is 1.33. The van der Waals surface area contributed by atoms with Crippen LogP contribution in [0, 0.1) is 5.92 Å². The molecule has 2 fully saturated rings. The number of carbonyl (C=O) groups is 1. The molecule has 1 aromatic rings. The molecule has 3 rings (SSSR count). The van der Waals surface area contributed by atoms with E-state index >= 15 is 0 Å². The van der Waals surface area contributed by atoms with Gasteiger partial charge in [-0.05, 0) is 30.7 Å². The van der Waals surface area contributed by atoms with E-state index in [1.54, 1.807) is 0 Å². The van der Waals surface area contributed by atoms with Gasteiger partial charge < -0.3 is 4.74 Å². The Hall–Kier alpha value is -1.15. The Balaban J connectivity index is 1.69. The van der Waals surface area contributed by atoms with Crippen molar-refractivity contribution >= 4 is 5.78 Å². The first-order chi connectivity index (χ1) is 9.34. The molecule has 1 saturated carbocycles. The number of hydrogen-bond donors (Lipinski definition) is 0. The summed E-state index contributed by atoms with van der Waals surface area (Å²) in [5.41, 5.74) is 2.27. The van der Waals surface area contributed by atoms with Crippen molar-refractivity contribution in [2.45, 2.75) is 44.4 Å². The molecule has 1 unspecified atom stereocenters. The Labute approximate surface area is 115 Å². The van der Waals surface area contributed by atoms with Crippen LogP contribution in [0.4, 0.5) is 0 Å². The number of rotatable bonds is 3. The number of hydrogen-bond acceptors (Lipinski definition) is 2. The van der Waals surface area contributed by atoms with Gasteiger partial charge in [-0.25, -0.2) is 0 Å². The Morgan fingerprint density at radius 1 is 1.00 bits per heavy atom. The molecule has 1 aromatic carbocycles. The second-order valence-corrected chi connectivity index (χ2v) is 5.88. The lowest BCUT2D eigenvalue weighted by atomic mass is 9.83. The summed E-state index contributed by atoms with van der Waals surface area (Å²) in [6, 6.07) is 8.37. The van der Waals surface area contributed by atoms with Gasteiger partial charge in [-0.3, -0.25) is 4.79 Å². The van der Waals surface area contributed by atoms with Crippen molar-refractivity contribution in [3.05, 3.63) is 35.4 Å². The molecule has 1 heterocycles. The fourth-order valence-electron chi connectivity index (χ4n) is 3.33. The Morgan fingerprint density at radius 2 is 1.74 bits per heavy atom. The first-order valence-corrected chi connectivity index (χ1v) is 7.56. The smallest absolute Gasteiger partial charge is 0.168 e. The zero-order valence-corrected chi connectivity index (χ0v) is 11.4. The van der Waals surface area contributed by atoms with Gasteiger partial charge in [0, 0.05) is 18.1 Å². The molecule has 0 aromatic heterocycles. The minimum Gasteiger partial charge on any atom is -0.381 e. The van der Waals surface area contributed by atoms with E-state index in [-0.39, 0.29) is 11.7 Å². The zero-order chi connectivity index (χ0) is 13.1. The molecule has 2 nitrogen and oxygen atoms in total. The summed E-state index contributed by atoms with van der Waals surface area (Å²) >= 11 is 0. The summed E-state index contributed by atoms with van der Waals surface area (Å²) in [5.74, 6) is 1.06. The van der Waals surface area contributed by atoms with E-state index < -0.39 is 0 Å². The minimum atomic E-state index is 0.0838. The number of Topliss-reactive ketones (excluding diaryl/α,β-unsaturated/α-hetero) is 1. The molecule has 1 aliphatic carbocycles. The van der Waals surface area contributed by atoms with Gasteiger partial charge in [-0.2, -0.15) is 0 Å². The maximum Gasteiger partial charge on any atom is 0.168 e. The summed E-state index contributed by atoms with van der Waals surface area (Å²) in [6.07, 6.45) is 7.58. The second-order valence-electron chi connectivity index (χ2n) is 5.88. The molecule has 0 spiro atoms. The largest absolute Gasteiger partial charge is 0.381 e. The lowest BCUT2D eigenvalue weighted by Crippen LogP contribution is -2.14. The van der Waals surface area contributed by atoms with Crippen molar-refractivity contribution in [2.24, 2.45) is 5.92 Å². The van der Waals surface area contributed by atoms with Crippen LogP contribution in [0.15, 0.2) is 24.3 Å². The third-order valence-electron chi connectivity index (χ3n) is 4.57. The monoisotopic (exact) mass is 258 g/mol. The van der Waals surface area contributed by atoms with Crippen LogP contribution in [0.5, 0.6) is 0 Å². The average molecular weight is 258 g/mol. The van der Waals surface area contributed by atoms with E-state index in [4.69, 9.17) is 4.74 Å². The summed E-state index contributed by atoms with van der Waals surface area (Å²) in [7, 11) is 0. The molecule has 0 amide bonds. The van der Waals surface area contributed by atoms with Gasteiger partial charge in [-0.15, -0.1) is 0 Å². The maximum absolute atomic E-state index is 12.3. The van der Waals surface area contributed by atoms with Crippen molar-refractivity contribution in [3.63, 3.8) is 0 Å². The molecule has 19 heavy (non-hydrogen) atoms. The fourth-order valence-corrected chi connectivity index (χ4v) is 3.33. The fraction of sp³-hybridized carbons (Fsp3) is 0.588. The number of carbonyl (C=O) groups excluding carboxylic acids is 1. The average Bonchev–Trinajstić information content (AvgIpc) is 3.02. The third kappa shape index (κ3) is 2.89. The highest BCUT2D eigenvalue weighted by Gasteiger charge is 2.24. The van der Waals surface area contributed by atoms with Crippen LogP contribution in [0.1, 0.15) is 60.4 Å². The molecule has 102 valence electrons. The number of ketones is 1. The predicted molar refractivity (Wildman–Crippen MR) is 75.5 cm³/mol. The molecular formula is C17H22O2. The Kier molecular flexibility index (Phi) is 3.97. The first kappa shape index (κ1) is 12.9. The SMILES string of the molecule is O=C(c1ccc(C2CCCCC2)cc1)C1CCOC1. The standard InChI is InChI=1S/C17H22O2/c18-17(16-10-11-19-12-16)15-8-6-14(7-9-15)13-4-2-1-3-5-13/h6-9,13,16H,1-5,10-12H2. The van der Waals surface area contributed by atoms with Crippen LogP contribution in [-0.4, -0.2) is 19.0 Å². The van der Waals surface area contributed by atoms with Gasteiger partial charge in [-0.1, -0.05) is 43.5 Å². The van der Waals surface area contributed by atoms with E-state index in [0.29, 0.717) is 12.5 Å². The number of benzene rings is 1. The molecule has 2 heteroatoms. The van der Waals surface area contributed by atoms with Crippen LogP contribution >= 0.6 is 0 Å². The highest BCUT2D eigenvalue weighted by Crippen LogP contribution is 2.32. The molecule has 1 saturated heterocycles. The molecule has 0 bridgehead atoms. The molecule has 1 atom stereocenters. The van der Waals surface area contributed by atoms with Crippen LogP contribution < -0.4 is 0 Å². The zero-order valence-electron chi connectivity index (χ0n) is 11.4. The van der Waals surface area contributed by atoms with Crippen LogP contribution in [0.3, 0.4) is 0 Å². The van der Waals surface area contributed by atoms with Crippen molar-refractivity contribution in [1.29, 1.82) is 0 Å². The van der Waals surface area contributed by atoms with Gasteiger partial charge >= 0.3 is 0 Å². The molecule has 2 aliphatic rings. The first-order valence-electron chi connectivity index (χ1n) is 7.56.